The molecule has 3 aliphatic heterocycles. The van der Waals surface area contributed by atoms with Crippen molar-refractivity contribution in [2.75, 3.05) is 33.6 Å². The minimum Gasteiger partial charge on any atom is -0.493 e. The highest BCUT2D eigenvalue weighted by atomic mass is 16.7. The van der Waals surface area contributed by atoms with Crippen LogP contribution in [-0.2, 0) is 24.2 Å². The Morgan fingerprint density at radius 3 is 3.00 bits per heavy atom. The molecule has 0 amide bonds. The maximum absolute atomic E-state index is 5.82. The first-order valence-corrected chi connectivity index (χ1v) is 9.54. The second kappa shape index (κ2) is 7.01. The molecule has 0 saturated carbocycles. The van der Waals surface area contributed by atoms with Gasteiger partial charge in [-0.3, -0.25) is 4.90 Å². The van der Waals surface area contributed by atoms with Gasteiger partial charge in [0, 0.05) is 39.2 Å². The summed E-state index contributed by atoms with van der Waals surface area (Å²) in [6, 6.07) is 4.09. The molecule has 0 radical (unpaired) electrons. The molecule has 1 aromatic carbocycles. The minimum absolute atomic E-state index is 0.107. The third-order valence-electron chi connectivity index (χ3n) is 5.49. The standard InChI is InChI=1S/C19H24N4O4/c1-24-15-9-13(10-16-18(15)27-12-26-16)11-22-5-4-17-20-21-19(23(17)7-6-22)14-3-2-8-25-14/h9-10,14H,2-8,11-12H2,1H3/t14-/m1/s1. The average molecular weight is 372 g/mol. The lowest BCUT2D eigenvalue weighted by molar-refractivity contribution is 0.101. The van der Waals surface area contributed by atoms with E-state index in [1.165, 1.54) is 0 Å². The average Bonchev–Trinajstić information content (AvgIpc) is 3.41. The fourth-order valence-corrected chi connectivity index (χ4v) is 4.10. The van der Waals surface area contributed by atoms with Gasteiger partial charge in [0.15, 0.2) is 17.3 Å². The van der Waals surface area contributed by atoms with E-state index in [4.69, 9.17) is 18.9 Å². The fraction of sp³-hybridized carbons (Fsp3) is 0.579. The van der Waals surface area contributed by atoms with Crippen LogP contribution < -0.4 is 14.2 Å². The van der Waals surface area contributed by atoms with E-state index in [9.17, 15) is 0 Å². The van der Waals surface area contributed by atoms with Crippen molar-refractivity contribution < 1.29 is 18.9 Å². The molecular formula is C19H24N4O4. The van der Waals surface area contributed by atoms with Gasteiger partial charge >= 0.3 is 0 Å². The highest BCUT2D eigenvalue weighted by molar-refractivity contribution is 5.55. The molecule has 0 unspecified atom stereocenters. The number of ether oxygens (including phenoxy) is 4. The van der Waals surface area contributed by atoms with Gasteiger partial charge in [0.2, 0.25) is 12.5 Å². The molecule has 27 heavy (non-hydrogen) atoms. The van der Waals surface area contributed by atoms with E-state index in [-0.39, 0.29) is 12.9 Å². The summed E-state index contributed by atoms with van der Waals surface area (Å²) in [5.41, 5.74) is 1.16. The molecule has 8 heteroatoms. The Labute approximate surface area is 158 Å². The van der Waals surface area contributed by atoms with E-state index in [2.05, 4.69) is 19.7 Å². The van der Waals surface area contributed by atoms with Gasteiger partial charge in [0.1, 0.15) is 11.9 Å². The van der Waals surface area contributed by atoms with Gasteiger partial charge in [-0.05, 0) is 30.5 Å². The summed E-state index contributed by atoms with van der Waals surface area (Å²) in [5, 5.41) is 8.84. The van der Waals surface area contributed by atoms with Crippen LogP contribution in [0.2, 0.25) is 0 Å². The highest BCUT2D eigenvalue weighted by Gasteiger charge is 2.27. The summed E-state index contributed by atoms with van der Waals surface area (Å²) in [5.74, 6) is 4.24. The predicted molar refractivity (Wildman–Crippen MR) is 96.0 cm³/mol. The van der Waals surface area contributed by atoms with Crippen LogP contribution in [0, 0.1) is 0 Å². The van der Waals surface area contributed by atoms with Gasteiger partial charge in [0.05, 0.1) is 7.11 Å². The minimum atomic E-state index is 0.107. The number of aromatic nitrogens is 3. The zero-order chi connectivity index (χ0) is 18.2. The second-order valence-electron chi connectivity index (χ2n) is 7.19. The first-order chi connectivity index (χ1) is 13.3. The highest BCUT2D eigenvalue weighted by Crippen LogP contribution is 2.42. The molecule has 5 rings (SSSR count). The lowest BCUT2D eigenvalue weighted by Gasteiger charge is -2.20. The summed E-state index contributed by atoms with van der Waals surface area (Å²) in [4.78, 5) is 2.44. The molecule has 0 bridgehead atoms. The molecule has 0 N–H and O–H groups in total. The fourth-order valence-electron chi connectivity index (χ4n) is 4.10. The summed E-state index contributed by atoms with van der Waals surface area (Å²) in [6.07, 6.45) is 3.14. The lowest BCUT2D eigenvalue weighted by Crippen LogP contribution is -2.27. The van der Waals surface area contributed by atoms with Crippen LogP contribution in [0.25, 0.3) is 0 Å². The van der Waals surface area contributed by atoms with Crippen LogP contribution in [0.1, 0.15) is 36.2 Å². The third-order valence-corrected chi connectivity index (χ3v) is 5.49. The predicted octanol–water partition coefficient (Wildman–Crippen LogP) is 1.93. The molecule has 1 saturated heterocycles. The lowest BCUT2D eigenvalue weighted by atomic mass is 10.1. The number of hydrogen-bond acceptors (Lipinski definition) is 7. The Morgan fingerprint density at radius 2 is 2.15 bits per heavy atom. The zero-order valence-electron chi connectivity index (χ0n) is 15.5. The summed E-state index contributed by atoms with van der Waals surface area (Å²) >= 11 is 0. The van der Waals surface area contributed by atoms with Gasteiger partial charge in [-0.15, -0.1) is 10.2 Å². The van der Waals surface area contributed by atoms with Crippen LogP contribution in [0.5, 0.6) is 17.2 Å². The normalized spacial score (nSPS) is 21.9. The van der Waals surface area contributed by atoms with Crippen molar-refractivity contribution in [3.63, 3.8) is 0 Å². The Balaban J connectivity index is 1.31. The van der Waals surface area contributed by atoms with E-state index in [1.807, 2.05) is 12.1 Å². The van der Waals surface area contributed by atoms with E-state index in [0.29, 0.717) is 5.75 Å². The Kier molecular flexibility index (Phi) is 4.37. The molecule has 1 atom stereocenters. The zero-order valence-corrected chi connectivity index (χ0v) is 15.5. The number of nitrogens with zero attached hydrogens (tertiary/aromatic N) is 4. The van der Waals surface area contributed by atoms with Crippen LogP contribution >= 0.6 is 0 Å². The van der Waals surface area contributed by atoms with Crippen LogP contribution in [0.3, 0.4) is 0 Å². The largest absolute Gasteiger partial charge is 0.493 e. The quantitative estimate of drug-likeness (QED) is 0.812. The van der Waals surface area contributed by atoms with Gasteiger partial charge in [0.25, 0.3) is 0 Å². The van der Waals surface area contributed by atoms with Crippen molar-refractivity contribution in [1.29, 1.82) is 0 Å². The number of methoxy groups -OCH3 is 1. The van der Waals surface area contributed by atoms with Crippen LogP contribution in [-0.4, -0.2) is 53.3 Å². The summed E-state index contributed by atoms with van der Waals surface area (Å²) in [6.45, 7) is 4.69. The van der Waals surface area contributed by atoms with Gasteiger partial charge in [-0.25, -0.2) is 0 Å². The molecule has 1 aromatic heterocycles. The Hall–Kier alpha value is -2.32. The molecule has 8 nitrogen and oxygen atoms in total. The summed E-state index contributed by atoms with van der Waals surface area (Å²) in [7, 11) is 1.66. The first-order valence-electron chi connectivity index (χ1n) is 9.54. The van der Waals surface area contributed by atoms with Crippen molar-refractivity contribution in [2.45, 2.75) is 38.5 Å². The van der Waals surface area contributed by atoms with E-state index in [0.717, 1.165) is 80.8 Å². The second-order valence-corrected chi connectivity index (χ2v) is 7.19. The Morgan fingerprint density at radius 1 is 1.19 bits per heavy atom. The number of fused-ring (bicyclic) bond motifs is 2. The molecule has 2 aromatic rings. The van der Waals surface area contributed by atoms with Gasteiger partial charge in [-0.2, -0.15) is 0 Å². The van der Waals surface area contributed by atoms with Crippen molar-refractivity contribution in [3.05, 3.63) is 29.3 Å². The van der Waals surface area contributed by atoms with Crippen molar-refractivity contribution in [1.82, 2.24) is 19.7 Å². The molecule has 144 valence electrons. The van der Waals surface area contributed by atoms with Crippen LogP contribution in [0.15, 0.2) is 12.1 Å². The Bertz CT molecular complexity index is 831. The number of benzene rings is 1. The topological polar surface area (TPSA) is 70.9 Å². The smallest absolute Gasteiger partial charge is 0.231 e. The number of hydrogen-bond donors (Lipinski definition) is 0. The molecule has 1 fully saturated rings. The van der Waals surface area contributed by atoms with Crippen molar-refractivity contribution in [3.8, 4) is 17.2 Å². The molecule has 3 aliphatic rings. The maximum Gasteiger partial charge on any atom is 0.231 e. The van der Waals surface area contributed by atoms with Gasteiger partial charge < -0.3 is 23.5 Å². The SMILES string of the molecule is COc1cc(CN2CCc3nnc([C@H]4CCCO4)n3CC2)cc2c1OCO2. The van der Waals surface area contributed by atoms with E-state index in [1.54, 1.807) is 7.11 Å². The number of rotatable bonds is 4. The first kappa shape index (κ1) is 16.8. The maximum atomic E-state index is 5.82. The molecule has 0 aliphatic carbocycles. The van der Waals surface area contributed by atoms with Crippen molar-refractivity contribution >= 4 is 0 Å². The van der Waals surface area contributed by atoms with Crippen LogP contribution in [0.4, 0.5) is 0 Å². The summed E-state index contributed by atoms with van der Waals surface area (Å²) < 4.78 is 24.6. The van der Waals surface area contributed by atoms with Gasteiger partial charge in [-0.1, -0.05) is 0 Å². The molecule has 4 heterocycles. The third kappa shape index (κ3) is 3.12. The molecular weight excluding hydrogens is 348 g/mol. The van der Waals surface area contributed by atoms with E-state index < -0.39 is 0 Å². The monoisotopic (exact) mass is 372 g/mol. The molecule has 0 spiro atoms. The van der Waals surface area contributed by atoms with Crippen molar-refractivity contribution in [2.24, 2.45) is 0 Å². The van der Waals surface area contributed by atoms with E-state index >= 15 is 0 Å².